The maximum atomic E-state index is 9.78. The molecule has 0 aliphatic carbocycles. The van der Waals surface area contributed by atoms with Crippen LogP contribution < -0.4 is 5.32 Å². The molecular formula is C11H22NO. The van der Waals surface area contributed by atoms with Gasteiger partial charge in [0.2, 0.25) is 0 Å². The van der Waals surface area contributed by atoms with Crippen LogP contribution in [0.5, 0.6) is 0 Å². The van der Waals surface area contributed by atoms with Crippen molar-refractivity contribution in [2.45, 2.75) is 52.4 Å². The van der Waals surface area contributed by atoms with E-state index in [1.165, 1.54) is 32.1 Å². The minimum atomic E-state index is 0.785. The van der Waals surface area contributed by atoms with E-state index in [-0.39, 0.29) is 0 Å². The van der Waals surface area contributed by atoms with Crippen LogP contribution in [0.4, 0.5) is 0 Å². The predicted octanol–water partition coefficient (Wildman–Crippen LogP) is 2.64. The van der Waals surface area contributed by atoms with Gasteiger partial charge < -0.3 is 5.32 Å². The third-order valence-electron chi connectivity index (χ3n) is 2.16. The van der Waals surface area contributed by atoms with E-state index in [0.717, 1.165) is 18.9 Å². The first-order valence-electron chi connectivity index (χ1n) is 5.37. The van der Waals surface area contributed by atoms with Crippen molar-refractivity contribution in [3.8, 4) is 0 Å². The van der Waals surface area contributed by atoms with Crippen molar-refractivity contribution in [1.82, 2.24) is 5.32 Å². The molecule has 0 saturated heterocycles. The van der Waals surface area contributed by atoms with Crippen molar-refractivity contribution in [3.05, 3.63) is 0 Å². The molecule has 1 radical (unpaired) electrons. The molecule has 0 saturated carbocycles. The van der Waals surface area contributed by atoms with Gasteiger partial charge in [0, 0.05) is 6.54 Å². The van der Waals surface area contributed by atoms with E-state index in [0.29, 0.717) is 0 Å². The summed E-state index contributed by atoms with van der Waals surface area (Å²) in [6.45, 7) is 5.32. The Labute approximate surface area is 82.1 Å². The zero-order chi connectivity index (χ0) is 9.94. The van der Waals surface area contributed by atoms with Gasteiger partial charge in [0.15, 0.2) is 0 Å². The van der Waals surface area contributed by atoms with Crippen LogP contribution in [0.1, 0.15) is 52.4 Å². The SMILES string of the molecule is CC(C)CCCCCCCN[C]=O. The van der Waals surface area contributed by atoms with E-state index in [1.807, 2.05) is 0 Å². The summed E-state index contributed by atoms with van der Waals surface area (Å²) in [5.41, 5.74) is 0. The van der Waals surface area contributed by atoms with E-state index in [9.17, 15) is 4.79 Å². The molecule has 2 heteroatoms. The molecule has 0 heterocycles. The molecule has 0 aromatic heterocycles. The van der Waals surface area contributed by atoms with Gasteiger partial charge in [-0.05, 0) is 12.3 Å². The first-order chi connectivity index (χ1) is 6.27. The molecular weight excluding hydrogens is 162 g/mol. The minimum Gasteiger partial charge on any atom is -0.348 e. The zero-order valence-electron chi connectivity index (χ0n) is 8.94. The Balaban J connectivity index is 2.87. The number of carbonyl (C=O) groups excluding carboxylic acids is 1. The van der Waals surface area contributed by atoms with Crippen molar-refractivity contribution in [2.24, 2.45) is 5.92 Å². The molecule has 0 aromatic rings. The van der Waals surface area contributed by atoms with Gasteiger partial charge in [0.05, 0.1) is 0 Å². The van der Waals surface area contributed by atoms with Crippen LogP contribution in [0.3, 0.4) is 0 Å². The second kappa shape index (κ2) is 9.56. The zero-order valence-corrected chi connectivity index (χ0v) is 8.94. The Hall–Kier alpha value is -0.530. The molecule has 77 valence electrons. The molecule has 1 amide bonds. The van der Waals surface area contributed by atoms with Gasteiger partial charge in [0.1, 0.15) is 0 Å². The highest BCUT2D eigenvalue weighted by Gasteiger charge is 1.94. The van der Waals surface area contributed by atoms with Crippen LogP contribution in [0.2, 0.25) is 0 Å². The summed E-state index contributed by atoms with van der Waals surface area (Å²) in [7, 11) is 0. The van der Waals surface area contributed by atoms with Crippen LogP contribution in [0.25, 0.3) is 0 Å². The van der Waals surface area contributed by atoms with Crippen LogP contribution in [0.15, 0.2) is 0 Å². The lowest BCUT2D eigenvalue weighted by molar-refractivity contribution is 0.510. The summed E-state index contributed by atoms with van der Waals surface area (Å²) >= 11 is 0. The summed E-state index contributed by atoms with van der Waals surface area (Å²) in [6, 6.07) is 0. The Bertz CT molecular complexity index is 113. The standard InChI is InChI=1S/C11H22NO/c1-11(2)8-6-4-3-5-7-9-12-10-13/h11H,3-9H2,1-2H3,(H,12,13). The second-order valence-electron chi connectivity index (χ2n) is 3.98. The fourth-order valence-electron chi connectivity index (χ4n) is 1.35. The van der Waals surface area contributed by atoms with Gasteiger partial charge in [-0.3, -0.25) is 4.79 Å². The first-order valence-corrected chi connectivity index (χ1v) is 5.37. The molecule has 0 aliphatic heterocycles. The van der Waals surface area contributed by atoms with Crippen molar-refractivity contribution >= 4 is 6.41 Å². The molecule has 0 bridgehead atoms. The number of rotatable bonds is 9. The Morgan fingerprint density at radius 2 is 1.69 bits per heavy atom. The highest BCUT2D eigenvalue weighted by molar-refractivity contribution is 5.46. The number of hydrogen-bond donors (Lipinski definition) is 1. The van der Waals surface area contributed by atoms with Gasteiger partial charge in [-0.1, -0.05) is 46.0 Å². The largest absolute Gasteiger partial charge is 0.348 e. The van der Waals surface area contributed by atoms with Crippen LogP contribution in [-0.2, 0) is 4.79 Å². The van der Waals surface area contributed by atoms with Gasteiger partial charge >= 0.3 is 6.41 Å². The van der Waals surface area contributed by atoms with Crippen molar-refractivity contribution in [1.29, 1.82) is 0 Å². The third-order valence-corrected chi connectivity index (χ3v) is 2.16. The quantitative estimate of drug-likeness (QED) is 0.433. The number of amides is 1. The highest BCUT2D eigenvalue weighted by Crippen LogP contribution is 2.09. The summed E-state index contributed by atoms with van der Waals surface area (Å²) in [5, 5.41) is 2.55. The van der Waals surface area contributed by atoms with E-state index in [1.54, 1.807) is 6.41 Å². The maximum absolute atomic E-state index is 9.78. The van der Waals surface area contributed by atoms with E-state index >= 15 is 0 Å². The fourth-order valence-corrected chi connectivity index (χ4v) is 1.35. The van der Waals surface area contributed by atoms with Crippen LogP contribution >= 0.6 is 0 Å². The molecule has 1 N–H and O–H groups in total. The summed E-state index contributed by atoms with van der Waals surface area (Å²) in [4.78, 5) is 9.78. The van der Waals surface area contributed by atoms with E-state index in [2.05, 4.69) is 19.2 Å². The normalized spacial score (nSPS) is 10.4. The monoisotopic (exact) mass is 184 g/mol. The summed E-state index contributed by atoms with van der Waals surface area (Å²) in [5.74, 6) is 0.839. The van der Waals surface area contributed by atoms with Gasteiger partial charge in [-0.15, -0.1) is 0 Å². The summed E-state index contributed by atoms with van der Waals surface area (Å²) < 4.78 is 0. The predicted molar refractivity (Wildman–Crippen MR) is 56.2 cm³/mol. The smallest absolute Gasteiger partial charge is 0.309 e. The van der Waals surface area contributed by atoms with Crippen LogP contribution in [0, 0.1) is 5.92 Å². The molecule has 0 aliphatic rings. The van der Waals surface area contributed by atoms with Crippen molar-refractivity contribution < 1.29 is 4.79 Å². The van der Waals surface area contributed by atoms with Gasteiger partial charge in [-0.25, -0.2) is 0 Å². The minimum absolute atomic E-state index is 0.785. The van der Waals surface area contributed by atoms with Crippen molar-refractivity contribution in [2.75, 3.05) is 6.54 Å². The summed E-state index contributed by atoms with van der Waals surface area (Å²) in [6.07, 6.45) is 9.34. The molecule has 0 aromatic carbocycles. The van der Waals surface area contributed by atoms with E-state index < -0.39 is 0 Å². The Morgan fingerprint density at radius 1 is 1.08 bits per heavy atom. The molecule has 0 rings (SSSR count). The topological polar surface area (TPSA) is 29.1 Å². The fraction of sp³-hybridized carbons (Fsp3) is 0.909. The van der Waals surface area contributed by atoms with E-state index in [4.69, 9.17) is 0 Å². The average molecular weight is 184 g/mol. The molecule has 0 atom stereocenters. The molecule has 0 fully saturated rings. The van der Waals surface area contributed by atoms with Gasteiger partial charge in [-0.2, -0.15) is 0 Å². The number of hydrogen-bond acceptors (Lipinski definition) is 1. The molecule has 2 nitrogen and oxygen atoms in total. The molecule has 0 unspecified atom stereocenters. The maximum Gasteiger partial charge on any atom is 0.309 e. The lowest BCUT2D eigenvalue weighted by atomic mass is 10.0. The first kappa shape index (κ1) is 12.5. The lowest BCUT2D eigenvalue weighted by Gasteiger charge is -2.03. The second-order valence-corrected chi connectivity index (χ2v) is 3.98. The van der Waals surface area contributed by atoms with Gasteiger partial charge in [0.25, 0.3) is 0 Å². The van der Waals surface area contributed by atoms with Crippen LogP contribution in [-0.4, -0.2) is 13.0 Å². The van der Waals surface area contributed by atoms with Crippen molar-refractivity contribution in [3.63, 3.8) is 0 Å². The average Bonchev–Trinajstić information content (AvgIpc) is 2.09. The number of nitrogens with one attached hydrogen (secondary N) is 1. The lowest BCUT2D eigenvalue weighted by Crippen LogP contribution is -2.11. The number of unbranched alkanes of at least 4 members (excludes halogenated alkanes) is 4. The highest BCUT2D eigenvalue weighted by atomic mass is 16.1. The molecule has 0 spiro atoms. The third kappa shape index (κ3) is 11.5. The Kier molecular flexibility index (Phi) is 9.17. The molecule has 13 heavy (non-hydrogen) atoms. The Morgan fingerprint density at radius 3 is 2.31 bits per heavy atom.